The number of aryl methyl sites for hydroxylation is 1. The first-order chi connectivity index (χ1) is 10.2. The summed E-state index contributed by atoms with van der Waals surface area (Å²) in [6.07, 6.45) is 7.33. The van der Waals surface area contributed by atoms with Gasteiger partial charge in [0.05, 0.1) is 5.92 Å². The Kier molecular flexibility index (Phi) is 5.49. The Morgan fingerprint density at radius 2 is 2.24 bits per heavy atom. The largest absolute Gasteiger partial charge is 0.356 e. The number of likely N-dealkylation sites (tertiary alicyclic amines) is 1. The van der Waals surface area contributed by atoms with Crippen LogP contribution in [0.2, 0.25) is 0 Å². The van der Waals surface area contributed by atoms with Crippen molar-refractivity contribution in [3.05, 3.63) is 42.7 Å². The third-order valence-corrected chi connectivity index (χ3v) is 3.63. The van der Waals surface area contributed by atoms with Crippen molar-refractivity contribution < 1.29 is 9.59 Å². The standard InChI is InChI=1S/C16H21N3O2/c1-2-10-19-12-14(11-15(19)20)16(21)18-7-3-4-13-5-8-17-9-6-13/h2,5-6,8-9,14H,1,3-4,7,10-12H2,(H,18,21)/t14-/m0/s1. The van der Waals surface area contributed by atoms with Crippen molar-refractivity contribution in [2.75, 3.05) is 19.6 Å². The first-order valence-electron chi connectivity index (χ1n) is 7.26. The van der Waals surface area contributed by atoms with E-state index in [2.05, 4.69) is 16.9 Å². The molecule has 1 aromatic rings. The van der Waals surface area contributed by atoms with Gasteiger partial charge in [-0.05, 0) is 30.5 Å². The number of carbonyl (C=O) groups excluding carboxylic acids is 2. The molecule has 0 spiro atoms. The zero-order valence-corrected chi connectivity index (χ0v) is 12.1. The maximum Gasteiger partial charge on any atom is 0.225 e. The highest BCUT2D eigenvalue weighted by molar-refractivity contribution is 5.89. The molecule has 2 rings (SSSR count). The summed E-state index contributed by atoms with van der Waals surface area (Å²) in [7, 11) is 0. The number of aromatic nitrogens is 1. The molecule has 1 saturated heterocycles. The van der Waals surface area contributed by atoms with Gasteiger partial charge >= 0.3 is 0 Å². The zero-order chi connectivity index (χ0) is 15.1. The van der Waals surface area contributed by atoms with Gasteiger partial charge in [-0.15, -0.1) is 6.58 Å². The fourth-order valence-electron chi connectivity index (χ4n) is 2.48. The molecule has 1 aliphatic heterocycles. The van der Waals surface area contributed by atoms with Gasteiger partial charge < -0.3 is 10.2 Å². The van der Waals surface area contributed by atoms with Crippen molar-refractivity contribution in [3.8, 4) is 0 Å². The lowest BCUT2D eigenvalue weighted by molar-refractivity contribution is -0.128. The molecule has 2 heterocycles. The summed E-state index contributed by atoms with van der Waals surface area (Å²) >= 11 is 0. The van der Waals surface area contributed by atoms with Crippen LogP contribution in [0.25, 0.3) is 0 Å². The van der Waals surface area contributed by atoms with Crippen LogP contribution < -0.4 is 5.32 Å². The normalized spacial score (nSPS) is 17.8. The van der Waals surface area contributed by atoms with Gasteiger partial charge in [0.25, 0.3) is 0 Å². The van der Waals surface area contributed by atoms with Crippen molar-refractivity contribution in [2.45, 2.75) is 19.3 Å². The lowest BCUT2D eigenvalue weighted by Gasteiger charge is -2.14. The van der Waals surface area contributed by atoms with E-state index in [0.29, 0.717) is 26.1 Å². The monoisotopic (exact) mass is 287 g/mol. The van der Waals surface area contributed by atoms with E-state index < -0.39 is 0 Å². The molecule has 0 saturated carbocycles. The van der Waals surface area contributed by atoms with Crippen LogP contribution >= 0.6 is 0 Å². The van der Waals surface area contributed by atoms with Crippen LogP contribution in [0, 0.1) is 5.92 Å². The lowest BCUT2D eigenvalue weighted by atomic mass is 10.1. The third kappa shape index (κ3) is 4.41. The number of hydrogen-bond acceptors (Lipinski definition) is 3. The summed E-state index contributed by atoms with van der Waals surface area (Å²) in [5, 5.41) is 2.92. The van der Waals surface area contributed by atoms with Crippen molar-refractivity contribution in [2.24, 2.45) is 5.92 Å². The average Bonchev–Trinajstić information content (AvgIpc) is 2.86. The second-order valence-corrected chi connectivity index (χ2v) is 5.24. The van der Waals surface area contributed by atoms with E-state index >= 15 is 0 Å². The van der Waals surface area contributed by atoms with E-state index in [1.54, 1.807) is 23.4 Å². The molecule has 1 fully saturated rings. The molecule has 0 bridgehead atoms. The lowest BCUT2D eigenvalue weighted by Crippen LogP contribution is -2.33. The number of nitrogens with zero attached hydrogens (tertiary/aromatic N) is 2. The number of rotatable bonds is 7. The minimum atomic E-state index is -0.224. The molecule has 1 atom stereocenters. The highest BCUT2D eigenvalue weighted by atomic mass is 16.2. The summed E-state index contributed by atoms with van der Waals surface area (Å²) in [5.41, 5.74) is 1.22. The number of pyridine rings is 1. The molecule has 112 valence electrons. The number of amides is 2. The predicted molar refractivity (Wildman–Crippen MR) is 80.5 cm³/mol. The van der Waals surface area contributed by atoms with Crippen LogP contribution in [-0.4, -0.2) is 41.3 Å². The minimum absolute atomic E-state index is 0.0235. The highest BCUT2D eigenvalue weighted by Gasteiger charge is 2.33. The Hall–Kier alpha value is -2.17. The molecule has 0 radical (unpaired) electrons. The van der Waals surface area contributed by atoms with Gasteiger partial charge in [-0.1, -0.05) is 6.08 Å². The van der Waals surface area contributed by atoms with Crippen molar-refractivity contribution in [1.82, 2.24) is 15.2 Å². The number of hydrogen-bond donors (Lipinski definition) is 1. The molecule has 5 heteroatoms. The highest BCUT2D eigenvalue weighted by Crippen LogP contribution is 2.17. The quantitative estimate of drug-likeness (QED) is 0.605. The molecule has 1 N–H and O–H groups in total. The fraction of sp³-hybridized carbons (Fsp3) is 0.438. The average molecular weight is 287 g/mol. The third-order valence-electron chi connectivity index (χ3n) is 3.63. The molecule has 21 heavy (non-hydrogen) atoms. The Morgan fingerprint density at radius 1 is 1.48 bits per heavy atom. The predicted octanol–water partition coefficient (Wildman–Crippen LogP) is 1.16. The molecular weight excluding hydrogens is 266 g/mol. The minimum Gasteiger partial charge on any atom is -0.356 e. The van der Waals surface area contributed by atoms with E-state index in [0.717, 1.165) is 12.8 Å². The van der Waals surface area contributed by atoms with Gasteiger partial charge in [-0.2, -0.15) is 0 Å². The Labute approximate surface area is 125 Å². The summed E-state index contributed by atoms with van der Waals surface area (Å²) in [6, 6.07) is 3.95. The molecule has 1 aliphatic rings. The van der Waals surface area contributed by atoms with Gasteiger partial charge in [0, 0.05) is 38.4 Å². The van der Waals surface area contributed by atoms with Crippen molar-refractivity contribution in [1.29, 1.82) is 0 Å². The van der Waals surface area contributed by atoms with E-state index in [9.17, 15) is 9.59 Å². The molecule has 2 amide bonds. The van der Waals surface area contributed by atoms with Crippen LogP contribution in [0.4, 0.5) is 0 Å². The van der Waals surface area contributed by atoms with Crippen LogP contribution in [0.5, 0.6) is 0 Å². The van der Waals surface area contributed by atoms with Crippen molar-refractivity contribution >= 4 is 11.8 Å². The maximum absolute atomic E-state index is 12.0. The first-order valence-corrected chi connectivity index (χ1v) is 7.26. The van der Waals surface area contributed by atoms with Gasteiger partial charge in [0.2, 0.25) is 11.8 Å². The van der Waals surface area contributed by atoms with Gasteiger partial charge in [0.15, 0.2) is 0 Å². The molecular formula is C16H21N3O2. The molecule has 0 aromatic carbocycles. The van der Waals surface area contributed by atoms with Crippen molar-refractivity contribution in [3.63, 3.8) is 0 Å². The van der Waals surface area contributed by atoms with E-state index in [4.69, 9.17) is 0 Å². The molecule has 5 nitrogen and oxygen atoms in total. The topological polar surface area (TPSA) is 62.3 Å². The summed E-state index contributed by atoms with van der Waals surface area (Å²) < 4.78 is 0. The fourth-order valence-corrected chi connectivity index (χ4v) is 2.48. The maximum atomic E-state index is 12.0. The molecule has 0 aliphatic carbocycles. The summed E-state index contributed by atoms with van der Waals surface area (Å²) in [6.45, 7) is 5.27. The molecule has 0 unspecified atom stereocenters. The van der Waals surface area contributed by atoms with Crippen LogP contribution in [0.1, 0.15) is 18.4 Å². The second-order valence-electron chi connectivity index (χ2n) is 5.24. The van der Waals surface area contributed by atoms with E-state index in [1.807, 2.05) is 12.1 Å². The first kappa shape index (κ1) is 15.2. The Bertz CT molecular complexity index is 502. The summed E-state index contributed by atoms with van der Waals surface area (Å²) in [4.78, 5) is 29.4. The van der Waals surface area contributed by atoms with Crippen LogP contribution in [0.3, 0.4) is 0 Å². The van der Waals surface area contributed by atoms with Crippen LogP contribution in [0.15, 0.2) is 37.2 Å². The summed E-state index contributed by atoms with van der Waals surface area (Å²) in [5.74, 6) is -0.213. The smallest absolute Gasteiger partial charge is 0.225 e. The molecule has 1 aromatic heterocycles. The van der Waals surface area contributed by atoms with Gasteiger partial charge in [0.1, 0.15) is 0 Å². The van der Waals surface area contributed by atoms with E-state index in [-0.39, 0.29) is 17.7 Å². The zero-order valence-electron chi connectivity index (χ0n) is 12.1. The Morgan fingerprint density at radius 3 is 2.95 bits per heavy atom. The second kappa shape index (κ2) is 7.57. The van der Waals surface area contributed by atoms with Crippen LogP contribution in [-0.2, 0) is 16.0 Å². The SMILES string of the molecule is C=CCN1C[C@@H](C(=O)NCCCc2ccncc2)CC1=O. The number of carbonyl (C=O) groups is 2. The Balaban J connectivity index is 1.68. The van der Waals surface area contributed by atoms with Gasteiger partial charge in [-0.25, -0.2) is 0 Å². The van der Waals surface area contributed by atoms with Gasteiger partial charge in [-0.3, -0.25) is 14.6 Å². The van der Waals surface area contributed by atoms with E-state index in [1.165, 1.54) is 5.56 Å². The number of nitrogens with one attached hydrogen (secondary N) is 1.